The molecule has 0 aromatic heterocycles. The Morgan fingerprint density at radius 1 is 1.30 bits per heavy atom. The van der Waals surface area contributed by atoms with Gasteiger partial charge in [0.15, 0.2) is 11.5 Å². The van der Waals surface area contributed by atoms with Crippen LogP contribution in [0.5, 0.6) is 11.5 Å². The molecule has 0 aliphatic heterocycles. The van der Waals surface area contributed by atoms with Gasteiger partial charge in [-0.1, -0.05) is 11.6 Å². The van der Waals surface area contributed by atoms with Crippen molar-refractivity contribution in [2.75, 3.05) is 12.4 Å². The van der Waals surface area contributed by atoms with Gasteiger partial charge in [0.05, 0.1) is 22.7 Å². The second kappa shape index (κ2) is 5.66. The summed E-state index contributed by atoms with van der Waals surface area (Å²) in [5.41, 5.74) is 0.999. The molecule has 0 aliphatic rings. The number of hydrogen-bond acceptors (Lipinski definition) is 5. The highest BCUT2D eigenvalue weighted by molar-refractivity contribution is 6.33. The maximum atomic E-state index is 10.6. The summed E-state index contributed by atoms with van der Waals surface area (Å²) in [7, 11) is 1.45. The van der Waals surface area contributed by atoms with Gasteiger partial charge in [0.25, 0.3) is 5.69 Å². The van der Waals surface area contributed by atoms with Crippen molar-refractivity contribution < 1.29 is 14.8 Å². The molecule has 2 aromatic carbocycles. The van der Waals surface area contributed by atoms with Crippen LogP contribution in [0.2, 0.25) is 5.02 Å². The van der Waals surface area contributed by atoms with E-state index in [0.717, 1.165) is 0 Å². The van der Waals surface area contributed by atoms with Gasteiger partial charge >= 0.3 is 0 Å². The molecular formula is C13H11ClN2O4. The third-order valence-electron chi connectivity index (χ3n) is 2.62. The number of phenolic OH excluding ortho intramolecular Hbond substituents is 1. The molecule has 2 N–H and O–H groups in total. The summed E-state index contributed by atoms with van der Waals surface area (Å²) in [6.07, 6.45) is 0. The number of nitro benzene ring substituents is 1. The summed E-state index contributed by atoms with van der Waals surface area (Å²) in [4.78, 5) is 10.1. The first kappa shape index (κ1) is 14.0. The zero-order chi connectivity index (χ0) is 14.7. The fourth-order valence-electron chi connectivity index (χ4n) is 1.64. The highest BCUT2D eigenvalue weighted by atomic mass is 35.5. The molecule has 0 bridgehead atoms. The topological polar surface area (TPSA) is 84.6 Å². The Kier molecular flexibility index (Phi) is 3.95. The minimum Gasteiger partial charge on any atom is -0.504 e. The van der Waals surface area contributed by atoms with Crippen LogP contribution in [0.4, 0.5) is 17.1 Å². The molecule has 0 saturated carbocycles. The Morgan fingerprint density at radius 3 is 2.60 bits per heavy atom. The summed E-state index contributed by atoms with van der Waals surface area (Å²) >= 11 is 5.97. The zero-order valence-electron chi connectivity index (χ0n) is 10.5. The monoisotopic (exact) mass is 294 g/mol. The lowest BCUT2D eigenvalue weighted by atomic mass is 10.2. The van der Waals surface area contributed by atoms with E-state index in [1.807, 2.05) is 0 Å². The van der Waals surface area contributed by atoms with Gasteiger partial charge in [-0.25, -0.2) is 0 Å². The highest BCUT2D eigenvalue weighted by Crippen LogP contribution is 2.33. The summed E-state index contributed by atoms with van der Waals surface area (Å²) in [6, 6.07) is 8.86. The van der Waals surface area contributed by atoms with Crippen molar-refractivity contribution in [1.29, 1.82) is 0 Å². The molecule has 0 aliphatic carbocycles. The number of nitrogens with one attached hydrogen (secondary N) is 1. The summed E-state index contributed by atoms with van der Waals surface area (Å²) in [6.45, 7) is 0. The number of non-ortho nitro benzene ring substituents is 1. The summed E-state index contributed by atoms with van der Waals surface area (Å²) in [5.74, 6) is 0.334. The Morgan fingerprint density at radius 2 is 2.05 bits per heavy atom. The third-order valence-corrected chi connectivity index (χ3v) is 2.93. The third kappa shape index (κ3) is 2.92. The van der Waals surface area contributed by atoms with Crippen molar-refractivity contribution >= 4 is 28.7 Å². The minimum absolute atomic E-state index is 0.0180. The van der Waals surface area contributed by atoms with E-state index in [-0.39, 0.29) is 16.5 Å². The number of hydrogen-bond donors (Lipinski definition) is 2. The van der Waals surface area contributed by atoms with Gasteiger partial charge in [-0.15, -0.1) is 0 Å². The normalized spacial score (nSPS) is 10.1. The van der Waals surface area contributed by atoms with E-state index in [4.69, 9.17) is 16.3 Å². The lowest BCUT2D eigenvalue weighted by molar-refractivity contribution is -0.384. The molecule has 0 fully saturated rings. The fraction of sp³-hybridized carbons (Fsp3) is 0.0769. The van der Waals surface area contributed by atoms with E-state index < -0.39 is 4.92 Å². The fourth-order valence-corrected chi connectivity index (χ4v) is 1.86. The smallest absolute Gasteiger partial charge is 0.271 e. The van der Waals surface area contributed by atoms with Crippen LogP contribution >= 0.6 is 11.6 Å². The number of aromatic hydroxyl groups is 1. The Bertz CT molecular complexity index is 661. The molecule has 0 radical (unpaired) electrons. The van der Waals surface area contributed by atoms with Crippen molar-refractivity contribution in [3.05, 3.63) is 51.5 Å². The number of nitrogens with zero attached hydrogens (tertiary/aromatic N) is 1. The van der Waals surface area contributed by atoms with Crippen LogP contribution in [-0.2, 0) is 0 Å². The average molecular weight is 295 g/mol. The van der Waals surface area contributed by atoms with Crippen molar-refractivity contribution in [2.45, 2.75) is 0 Å². The molecule has 0 atom stereocenters. The SMILES string of the molecule is COc1ccc(Nc2ccc([N+](=O)[O-])cc2Cl)cc1O. The van der Waals surface area contributed by atoms with E-state index in [1.165, 1.54) is 31.4 Å². The largest absolute Gasteiger partial charge is 0.504 e. The van der Waals surface area contributed by atoms with Crippen LogP contribution in [0, 0.1) is 10.1 Å². The number of nitro groups is 1. The molecule has 0 heterocycles. The second-order valence-electron chi connectivity index (χ2n) is 3.93. The predicted octanol–water partition coefficient (Wildman–Crippen LogP) is 3.71. The molecule has 2 aromatic rings. The molecule has 20 heavy (non-hydrogen) atoms. The van der Waals surface area contributed by atoms with Crippen LogP contribution in [0.1, 0.15) is 0 Å². The predicted molar refractivity (Wildman–Crippen MR) is 76.0 cm³/mol. The molecule has 7 heteroatoms. The van der Waals surface area contributed by atoms with Crippen molar-refractivity contribution in [2.24, 2.45) is 0 Å². The standard InChI is InChI=1S/C13H11ClN2O4/c1-20-13-5-2-8(6-12(13)17)15-11-4-3-9(16(18)19)7-10(11)14/h2-7,15,17H,1H3. The van der Waals surface area contributed by atoms with E-state index in [2.05, 4.69) is 5.32 Å². The number of anilines is 2. The van der Waals surface area contributed by atoms with E-state index in [0.29, 0.717) is 17.1 Å². The lowest BCUT2D eigenvalue weighted by Crippen LogP contribution is -1.94. The van der Waals surface area contributed by atoms with Crippen molar-refractivity contribution in [3.63, 3.8) is 0 Å². The molecule has 0 saturated heterocycles. The highest BCUT2D eigenvalue weighted by Gasteiger charge is 2.10. The second-order valence-corrected chi connectivity index (χ2v) is 4.34. The maximum absolute atomic E-state index is 10.6. The molecule has 6 nitrogen and oxygen atoms in total. The van der Waals surface area contributed by atoms with Crippen molar-refractivity contribution in [1.82, 2.24) is 0 Å². The van der Waals surface area contributed by atoms with Crippen molar-refractivity contribution in [3.8, 4) is 11.5 Å². The average Bonchev–Trinajstić information content (AvgIpc) is 2.41. The maximum Gasteiger partial charge on any atom is 0.271 e. The van der Waals surface area contributed by atoms with Gasteiger partial charge in [-0.3, -0.25) is 10.1 Å². The molecule has 0 unspecified atom stereocenters. The molecule has 0 amide bonds. The van der Waals surface area contributed by atoms with Gasteiger partial charge in [0, 0.05) is 23.9 Å². The number of rotatable bonds is 4. The molecule has 2 rings (SSSR count). The van der Waals surface area contributed by atoms with Gasteiger partial charge in [0.2, 0.25) is 0 Å². The van der Waals surface area contributed by atoms with Gasteiger partial charge in [-0.2, -0.15) is 0 Å². The zero-order valence-corrected chi connectivity index (χ0v) is 11.2. The van der Waals surface area contributed by atoms with Crippen LogP contribution in [-0.4, -0.2) is 17.1 Å². The summed E-state index contributed by atoms with van der Waals surface area (Å²) in [5, 5.41) is 23.5. The number of phenols is 1. The quantitative estimate of drug-likeness (QED) is 0.663. The number of halogens is 1. The Balaban J connectivity index is 2.26. The Hall–Kier alpha value is -2.47. The lowest BCUT2D eigenvalue weighted by Gasteiger charge is -2.10. The number of ether oxygens (including phenoxy) is 1. The van der Waals surface area contributed by atoms with Gasteiger partial charge in [0.1, 0.15) is 0 Å². The molecule has 0 spiro atoms. The van der Waals surface area contributed by atoms with Crippen LogP contribution in [0.15, 0.2) is 36.4 Å². The first-order valence-electron chi connectivity index (χ1n) is 5.59. The van der Waals surface area contributed by atoms with E-state index >= 15 is 0 Å². The van der Waals surface area contributed by atoms with Crippen LogP contribution in [0.3, 0.4) is 0 Å². The van der Waals surface area contributed by atoms with Crippen LogP contribution in [0.25, 0.3) is 0 Å². The van der Waals surface area contributed by atoms with Crippen LogP contribution < -0.4 is 10.1 Å². The minimum atomic E-state index is -0.519. The molecule has 104 valence electrons. The van der Waals surface area contributed by atoms with Gasteiger partial charge < -0.3 is 15.2 Å². The van der Waals surface area contributed by atoms with E-state index in [9.17, 15) is 15.2 Å². The van der Waals surface area contributed by atoms with E-state index in [1.54, 1.807) is 12.1 Å². The molecular weight excluding hydrogens is 284 g/mol. The number of methoxy groups -OCH3 is 1. The first-order chi connectivity index (χ1) is 9.51. The summed E-state index contributed by atoms with van der Waals surface area (Å²) < 4.78 is 4.94. The number of benzene rings is 2. The Labute approximate surface area is 119 Å². The van der Waals surface area contributed by atoms with Gasteiger partial charge in [-0.05, 0) is 18.2 Å². The first-order valence-corrected chi connectivity index (χ1v) is 5.97.